The molecule has 0 saturated carbocycles. The predicted molar refractivity (Wildman–Crippen MR) is 148 cm³/mol. The van der Waals surface area contributed by atoms with Crippen LogP contribution in [0, 0.1) is 0 Å². The average Bonchev–Trinajstić information content (AvgIpc) is 3.84. The molecule has 6 rings (SSSR count). The highest BCUT2D eigenvalue weighted by Gasteiger charge is 2.47. The lowest BCUT2D eigenvalue weighted by Crippen LogP contribution is -2.18. The van der Waals surface area contributed by atoms with Gasteiger partial charge in [-0.05, 0) is 59.7 Å². The van der Waals surface area contributed by atoms with Gasteiger partial charge in [0.05, 0.1) is 0 Å². The summed E-state index contributed by atoms with van der Waals surface area (Å²) in [6.07, 6.45) is -1.25. The molecule has 2 fully saturated rings. The van der Waals surface area contributed by atoms with Crippen LogP contribution < -0.4 is 10.6 Å². The number of para-hydroxylation sites is 2. The van der Waals surface area contributed by atoms with Crippen LogP contribution in [-0.4, -0.2) is 24.0 Å². The predicted octanol–water partition coefficient (Wildman–Crippen LogP) is 6.84. The highest BCUT2D eigenvalue weighted by Crippen LogP contribution is 2.41. The molecule has 0 aliphatic carbocycles. The van der Waals surface area contributed by atoms with Gasteiger partial charge in [-0.15, -0.1) is 0 Å². The summed E-state index contributed by atoms with van der Waals surface area (Å²) in [5, 5.41) is 6.94. The first-order chi connectivity index (χ1) is 18.5. The molecule has 2 N–H and O–H groups in total. The van der Waals surface area contributed by atoms with Crippen molar-refractivity contribution in [2.24, 2.45) is 0 Å². The van der Waals surface area contributed by atoms with E-state index in [9.17, 15) is 9.59 Å². The summed E-state index contributed by atoms with van der Waals surface area (Å²) in [7, 11) is 0. The summed E-state index contributed by atoms with van der Waals surface area (Å²) in [4.78, 5) is 23.9. The van der Waals surface area contributed by atoms with Crippen LogP contribution in [0.3, 0.4) is 0 Å². The van der Waals surface area contributed by atoms with Crippen LogP contribution in [0.1, 0.15) is 23.3 Å². The minimum absolute atomic E-state index is 0.129. The van der Waals surface area contributed by atoms with E-state index in [0.717, 1.165) is 22.5 Å². The first-order valence-electron chi connectivity index (χ1n) is 12.0. The number of epoxide rings is 2. The molecule has 2 saturated heterocycles. The molecule has 8 heteroatoms. The Morgan fingerprint density at radius 3 is 1.32 bits per heavy atom. The first-order valence-corrected chi connectivity index (χ1v) is 12.8. The molecular formula is C30H24Cl2N2O4. The lowest BCUT2D eigenvalue weighted by atomic mass is 10.1. The van der Waals surface area contributed by atoms with Crippen LogP contribution in [0.15, 0.2) is 109 Å². The normalized spacial score (nSPS) is 20.9. The fourth-order valence-electron chi connectivity index (χ4n) is 3.97. The van der Waals surface area contributed by atoms with Gasteiger partial charge >= 0.3 is 0 Å². The number of carbonyl (C=O) groups is 2. The van der Waals surface area contributed by atoms with E-state index in [1.807, 2.05) is 97.1 Å². The Hall–Kier alpha value is -3.68. The van der Waals surface area contributed by atoms with E-state index < -0.39 is 12.2 Å². The second-order valence-electron chi connectivity index (χ2n) is 8.78. The number of hydrogen-bond donors (Lipinski definition) is 2. The van der Waals surface area contributed by atoms with Crippen molar-refractivity contribution in [2.75, 3.05) is 10.6 Å². The molecular weight excluding hydrogens is 523 g/mol. The van der Waals surface area contributed by atoms with Crippen LogP contribution in [-0.2, 0) is 19.1 Å². The van der Waals surface area contributed by atoms with Gasteiger partial charge in [0, 0.05) is 21.4 Å². The van der Waals surface area contributed by atoms with Gasteiger partial charge in [-0.1, -0.05) is 83.9 Å². The van der Waals surface area contributed by atoms with Crippen molar-refractivity contribution in [1.29, 1.82) is 0 Å². The SMILES string of the molecule is O=C(Nc1ccccc1)[C@@H]1O[C@@H]1c1cccc(Cl)c1.O=C(Nc1ccccc1)[C@@H]1O[C@@H]1c1cccc(Cl)c1. The fraction of sp³-hybridized carbons (Fsp3) is 0.133. The Labute approximate surface area is 230 Å². The minimum atomic E-state index is -0.432. The highest BCUT2D eigenvalue weighted by molar-refractivity contribution is 6.30. The molecule has 6 nitrogen and oxygen atoms in total. The quantitative estimate of drug-likeness (QED) is 0.259. The maximum Gasteiger partial charge on any atom is 0.256 e. The van der Waals surface area contributed by atoms with Gasteiger partial charge in [-0.25, -0.2) is 0 Å². The molecule has 0 spiro atoms. The molecule has 4 aromatic carbocycles. The van der Waals surface area contributed by atoms with Crippen LogP contribution in [0.5, 0.6) is 0 Å². The summed E-state index contributed by atoms with van der Waals surface area (Å²) >= 11 is 11.8. The lowest BCUT2D eigenvalue weighted by molar-refractivity contribution is -0.118. The van der Waals surface area contributed by atoms with Gasteiger partial charge in [0.15, 0.2) is 12.2 Å². The van der Waals surface area contributed by atoms with Gasteiger partial charge < -0.3 is 20.1 Å². The zero-order valence-corrected chi connectivity index (χ0v) is 21.6. The Kier molecular flexibility index (Phi) is 8.05. The molecule has 0 aromatic heterocycles. The molecule has 0 unspecified atom stereocenters. The molecule has 192 valence electrons. The van der Waals surface area contributed by atoms with Crippen molar-refractivity contribution in [3.63, 3.8) is 0 Å². The third kappa shape index (κ3) is 6.79. The van der Waals surface area contributed by atoms with Gasteiger partial charge in [-0.3, -0.25) is 9.59 Å². The van der Waals surface area contributed by atoms with Crippen LogP contribution >= 0.6 is 23.2 Å². The summed E-state index contributed by atoms with van der Waals surface area (Å²) in [6.45, 7) is 0. The van der Waals surface area contributed by atoms with Crippen molar-refractivity contribution in [1.82, 2.24) is 0 Å². The third-order valence-corrected chi connectivity index (χ3v) is 6.41. The fourth-order valence-corrected chi connectivity index (χ4v) is 4.36. The van der Waals surface area contributed by atoms with E-state index in [2.05, 4.69) is 10.6 Å². The Morgan fingerprint density at radius 1 is 0.553 bits per heavy atom. The van der Waals surface area contributed by atoms with Crippen molar-refractivity contribution in [3.05, 3.63) is 130 Å². The van der Waals surface area contributed by atoms with E-state index in [4.69, 9.17) is 32.7 Å². The summed E-state index contributed by atoms with van der Waals surface area (Å²) < 4.78 is 10.8. The Balaban J connectivity index is 0.000000155. The molecule has 2 heterocycles. The van der Waals surface area contributed by atoms with Crippen molar-refractivity contribution in [3.8, 4) is 0 Å². The number of amides is 2. The average molecular weight is 547 g/mol. The molecule has 38 heavy (non-hydrogen) atoms. The van der Waals surface area contributed by atoms with Crippen LogP contribution in [0.4, 0.5) is 11.4 Å². The lowest BCUT2D eigenvalue weighted by Gasteiger charge is -2.02. The maximum atomic E-state index is 12.0. The smallest absolute Gasteiger partial charge is 0.256 e. The number of hydrogen-bond acceptors (Lipinski definition) is 4. The zero-order valence-electron chi connectivity index (χ0n) is 20.1. The van der Waals surface area contributed by atoms with Gasteiger partial charge in [0.2, 0.25) is 0 Å². The second-order valence-corrected chi connectivity index (χ2v) is 9.65. The molecule has 2 amide bonds. The van der Waals surface area contributed by atoms with Crippen molar-refractivity contribution < 1.29 is 19.1 Å². The minimum Gasteiger partial charge on any atom is -0.354 e. The van der Waals surface area contributed by atoms with E-state index in [0.29, 0.717) is 10.0 Å². The van der Waals surface area contributed by atoms with Crippen LogP contribution in [0.2, 0.25) is 10.0 Å². The van der Waals surface area contributed by atoms with Gasteiger partial charge in [0.25, 0.3) is 11.8 Å². The van der Waals surface area contributed by atoms with E-state index >= 15 is 0 Å². The number of benzene rings is 4. The van der Waals surface area contributed by atoms with Crippen LogP contribution in [0.25, 0.3) is 0 Å². The molecule has 2 aliphatic rings. The second kappa shape index (κ2) is 11.8. The topological polar surface area (TPSA) is 83.3 Å². The van der Waals surface area contributed by atoms with Crippen molar-refractivity contribution in [2.45, 2.75) is 24.4 Å². The third-order valence-electron chi connectivity index (χ3n) is 5.94. The first kappa shape index (κ1) is 25.9. The largest absolute Gasteiger partial charge is 0.354 e. The maximum absolute atomic E-state index is 12.0. The monoisotopic (exact) mass is 546 g/mol. The molecule has 0 bridgehead atoms. The number of rotatable bonds is 6. The summed E-state index contributed by atoms with van der Waals surface area (Å²) in [5.74, 6) is -0.257. The summed E-state index contributed by atoms with van der Waals surface area (Å²) in [5.41, 5.74) is 3.40. The molecule has 4 aromatic rings. The highest BCUT2D eigenvalue weighted by atomic mass is 35.5. The number of anilines is 2. The standard InChI is InChI=1S/2C15H12ClNO2/c2*16-11-6-4-5-10(9-11)13-14(19-13)15(18)17-12-7-2-1-3-8-12/h2*1-9,13-14H,(H,17,18)/t2*13-,14-/m11/s1. The number of halogens is 2. The van der Waals surface area contributed by atoms with Gasteiger partial charge in [0.1, 0.15) is 12.2 Å². The van der Waals surface area contributed by atoms with Crippen molar-refractivity contribution >= 4 is 46.4 Å². The Bertz CT molecular complexity index is 1310. The van der Waals surface area contributed by atoms with E-state index in [1.165, 1.54) is 0 Å². The Morgan fingerprint density at radius 2 is 0.947 bits per heavy atom. The zero-order chi connectivity index (χ0) is 26.5. The number of carbonyl (C=O) groups excluding carboxylic acids is 2. The molecule has 2 aliphatic heterocycles. The van der Waals surface area contributed by atoms with E-state index in [1.54, 1.807) is 12.1 Å². The van der Waals surface area contributed by atoms with E-state index in [-0.39, 0.29) is 24.0 Å². The summed E-state index contributed by atoms with van der Waals surface area (Å²) in [6, 6.07) is 33.4. The number of ether oxygens (including phenoxy) is 2. The molecule has 4 atom stereocenters. The number of nitrogens with one attached hydrogen (secondary N) is 2. The van der Waals surface area contributed by atoms with Gasteiger partial charge in [-0.2, -0.15) is 0 Å². The molecule has 0 radical (unpaired) electrons.